The van der Waals surface area contributed by atoms with E-state index >= 15 is 0 Å². The monoisotopic (exact) mass is 270 g/mol. The summed E-state index contributed by atoms with van der Waals surface area (Å²) in [6.45, 7) is 0.666. The number of rotatable bonds is 7. The number of methoxy groups -OCH3 is 1. The first-order valence-corrected chi connectivity index (χ1v) is 7.33. The van der Waals surface area contributed by atoms with Crippen LogP contribution >= 0.6 is 0 Å². The molecule has 5 heteroatoms. The van der Waals surface area contributed by atoms with E-state index in [1.165, 1.54) is 26.4 Å². The molecule has 0 atom stereocenters. The molecule has 1 fully saturated rings. The molecule has 1 aliphatic carbocycles. The standard InChI is InChI=1S/C14H26N2O3/c1-19-13(17)10-6-3-7-11-15-14(18)16-12-8-4-2-5-9-12/h12H,2-11H2,1H3,(H2,15,16,18). The molecule has 0 aromatic rings. The van der Waals surface area contributed by atoms with Crippen LogP contribution in [0, 0.1) is 0 Å². The minimum atomic E-state index is -0.164. The van der Waals surface area contributed by atoms with Crippen molar-refractivity contribution in [1.29, 1.82) is 0 Å². The summed E-state index contributed by atoms with van der Waals surface area (Å²) < 4.78 is 4.56. The summed E-state index contributed by atoms with van der Waals surface area (Å²) in [6.07, 6.45) is 9.05. The quantitative estimate of drug-likeness (QED) is 0.551. The fraction of sp³-hybridized carbons (Fsp3) is 0.857. The van der Waals surface area contributed by atoms with Gasteiger partial charge < -0.3 is 15.4 Å². The van der Waals surface area contributed by atoms with Crippen molar-refractivity contribution in [3.63, 3.8) is 0 Å². The van der Waals surface area contributed by atoms with Crippen LogP contribution in [0.1, 0.15) is 57.8 Å². The predicted molar refractivity (Wildman–Crippen MR) is 73.9 cm³/mol. The van der Waals surface area contributed by atoms with Gasteiger partial charge in [-0.25, -0.2) is 4.79 Å². The van der Waals surface area contributed by atoms with E-state index in [0.717, 1.165) is 32.1 Å². The molecule has 2 amide bonds. The Bertz CT molecular complexity index is 276. The summed E-state index contributed by atoms with van der Waals surface area (Å²) >= 11 is 0. The van der Waals surface area contributed by atoms with E-state index in [9.17, 15) is 9.59 Å². The minimum absolute atomic E-state index is 0.0557. The maximum Gasteiger partial charge on any atom is 0.315 e. The highest BCUT2D eigenvalue weighted by atomic mass is 16.5. The van der Waals surface area contributed by atoms with Crippen molar-refractivity contribution in [1.82, 2.24) is 10.6 Å². The van der Waals surface area contributed by atoms with Gasteiger partial charge in [-0.05, 0) is 25.7 Å². The lowest BCUT2D eigenvalue weighted by Gasteiger charge is -2.22. The number of nitrogens with one attached hydrogen (secondary N) is 2. The fourth-order valence-electron chi connectivity index (χ4n) is 2.36. The van der Waals surface area contributed by atoms with Crippen molar-refractivity contribution in [2.75, 3.05) is 13.7 Å². The van der Waals surface area contributed by atoms with Gasteiger partial charge in [0, 0.05) is 19.0 Å². The number of carbonyl (C=O) groups is 2. The van der Waals surface area contributed by atoms with Gasteiger partial charge in [-0.3, -0.25) is 4.79 Å². The average molecular weight is 270 g/mol. The summed E-state index contributed by atoms with van der Waals surface area (Å²) in [5.41, 5.74) is 0. The zero-order valence-electron chi connectivity index (χ0n) is 11.9. The highest BCUT2D eigenvalue weighted by Gasteiger charge is 2.14. The number of hydrogen-bond acceptors (Lipinski definition) is 3. The molecule has 0 aromatic carbocycles. The van der Waals surface area contributed by atoms with E-state index < -0.39 is 0 Å². The molecular weight excluding hydrogens is 244 g/mol. The Hall–Kier alpha value is -1.26. The molecule has 5 nitrogen and oxygen atoms in total. The second-order valence-electron chi connectivity index (χ2n) is 5.12. The number of unbranched alkanes of at least 4 members (excludes halogenated alkanes) is 2. The highest BCUT2D eigenvalue weighted by Crippen LogP contribution is 2.17. The Morgan fingerprint density at radius 1 is 1.11 bits per heavy atom. The molecule has 19 heavy (non-hydrogen) atoms. The number of hydrogen-bond donors (Lipinski definition) is 2. The van der Waals surface area contributed by atoms with Crippen LogP contribution < -0.4 is 10.6 Å². The van der Waals surface area contributed by atoms with Crippen molar-refractivity contribution in [2.45, 2.75) is 63.8 Å². The van der Waals surface area contributed by atoms with Crippen molar-refractivity contribution in [3.8, 4) is 0 Å². The van der Waals surface area contributed by atoms with E-state index in [2.05, 4.69) is 15.4 Å². The first-order valence-electron chi connectivity index (χ1n) is 7.33. The zero-order chi connectivity index (χ0) is 13.9. The van der Waals surface area contributed by atoms with Gasteiger partial charge in [-0.1, -0.05) is 25.7 Å². The first-order chi connectivity index (χ1) is 9.22. The Morgan fingerprint density at radius 3 is 2.53 bits per heavy atom. The summed E-state index contributed by atoms with van der Waals surface area (Å²) in [4.78, 5) is 22.5. The molecule has 0 saturated heterocycles. The van der Waals surface area contributed by atoms with Gasteiger partial charge in [0.05, 0.1) is 7.11 Å². The van der Waals surface area contributed by atoms with Gasteiger partial charge in [0.15, 0.2) is 0 Å². The van der Waals surface area contributed by atoms with Crippen LogP contribution in [-0.2, 0) is 9.53 Å². The topological polar surface area (TPSA) is 67.4 Å². The van der Waals surface area contributed by atoms with Gasteiger partial charge in [-0.15, -0.1) is 0 Å². The molecule has 0 aliphatic heterocycles. The molecule has 1 saturated carbocycles. The Kier molecular flexibility index (Phi) is 8.02. The number of amides is 2. The zero-order valence-corrected chi connectivity index (χ0v) is 11.9. The van der Waals surface area contributed by atoms with Crippen LogP contribution in [0.25, 0.3) is 0 Å². The third-order valence-electron chi connectivity index (χ3n) is 3.51. The molecule has 0 heterocycles. The van der Waals surface area contributed by atoms with Gasteiger partial charge in [-0.2, -0.15) is 0 Å². The molecule has 0 aromatic heterocycles. The van der Waals surface area contributed by atoms with E-state index in [1.807, 2.05) is 0 Å². The summed E-state index contributed by atoms with van der Waals surface area (Å²) in [5, 5.41) is 5.88. The van der Waals surface area contributed by atoms with Crippen LogP contribution in [0.5, 0.6) is 0 Å². The molecule has 1 aliphatic rings. The molecule has 1 rings (SSSR count). The lowest BCUT2D eigenvalue weighted by atomic mass is 9.96. The molecule has 0 spiro atoms. The van der Waals surface area contributed by atoms with Crippen LogP contribution in [0.2, 0.25) is 0 Å². The summed E-state index contributed by atoms with van der Waals surface area (Å²) in [6, 6.07) is 0.299. The van der Waals surface area contributed by atoms with Gasteiger partial charge in [0.25, 0.3) is 0 Å². The van der Waals surface area contributed by atoms with E-state index in [-0.39, 0.29) is 12.0 Å². The van der Waals surface area contributed by atoms with Crippen LogP contribution in [-0.4, -0.2) is 31.7 Å². The largest absolute Gasteiger partial charge is 0.469 e. The fourth-order valence-corrected chi connectivity index (χ4v) is 2.36. The summed E-state index contributed by atoms with van der Waals surface area (Å²) in [5.74, 6) is -0.164. The Morgan fingerprint density at radius 2 is 1.84 bits per heavy atom. The first kappa shape index (κ1) is 15.8. The normalized spacial score (nSPS) is 15.8. The van der Waals surface area contributed by atoms with Crippen molar-refractivity contribution < 1.29 is 14.3 Å². The smallest absolute Gasteiger partial charge is 0.315 e. The lowest BCUT2D eigenvalue weighted by Crippen LogP contribution is -2.43. The molecule has 0 radical (unpaired) electrons. The Labute approximate surface area is 115 Å². The molecule has 2 N–H and O–H groups in total. The molecule has 0 unspecified atom stereocenters. The van der Waals surface area contributed by atoms with Crippen LogP contribution in [0.3, 0.4) is 0 Å². The molecule has 0 bridgehead atoms. The van der Waals surface area contributed by atoms with Crippen molar-refractivity contribution in [2.24, 2.45) is 0 Å². The van der Waals surface area contributed by atoms with Crippen LogP contribution in [0.15, 0.2) is 0 Å². The third kappa shape index (κ3) is 7.70. The second-order valence-corrected chi connectivity index (χ2v) is 5.12. The Balaban J connectivity index is 1.93. The number of carbonyl (C=O) groups excluding carboxylic acids is 2. The maximum absolute atomic E-state index is 11.6. The van der Waals surface area contributed by atoms with Gasteiger partial charge in [0.1, 0.15) is 0 Å². The van der Waals surface area contributed by atoms with Gasteiger partial charge >= 0.3 is 12.0 Å². The maximum atomic E-state index is 11.6. The van der Waals surface area contributed by atoms with Crippen molar-refractivity contribution in [3.05, 3.63) is 0 Å². The molecule has 110 valence electrons. The summed E-state index contributed by atoms with van der Waals surface area (Å²) in [7, 11) is 1.40. The van der Waals surface area contributed by atoms with E-state index in [0.29, 0.717) is 19.0 Å². The number of urea groups is 1. The lowest BCUT2D eigenvalue weighted by molar-refractivity contribution is -0.140. The van der Waals surface area contributed by atoms with E-state index in [1.54, 1.807) is 0 Å². The van der Waals surface area contributed by atoms with Gasteiger partial charge in [0.2, 0.25) is 0 Å². The highest BCUT2D eigenvalue weighted by molar-refractivity contribution is 5.74. The number of esters is 1. The molecular formula is C14H26N2O3. The average Bonchev–Trinajstić information content (AvgIpc) is 2.43. The van der Waals surface area contributed by atoms with E-state index in [4.69, 9.17) is 0 Å². The predicted octanol–water partition coefficient (Wildman–Crippen LogP) is 2.35. The van der Waals surface area contributed by atoms with Crippen molar-refractivity contribution >= 4 is 12.0 Å². The SMILES string of the molecule is COC(=O)CCCCCNC(=O)NC1CCCCC1. The van der Waals surface area contributed by atoms with Crippen LogP contribution in [0.4, 0.5) is 4.79 Å². The number of ether oxygens (including phenoxy) is 1. The second kappa shape index (κ2) is 9.64. The minimum Gasteiger partial charge on any atom is -0.469 e. The third-order valence-corrected chi connectivity index (χ3v) is 3.51.